The van der Waals surface area contributed by atoms with Crippen LogP contribution >= 0.6 is 0 Å². The summed E-state index contributed by atoms with van der Waals surface area (Å²) >= 11 is 0. The first kappa shape index (κ1) is 6.99. The molecule has 0 radical (unpaired) electrons. The summed E-state index contributed by atoms with van der Waals surface area (Å²) in [4.78, 5) is 0. The molecular formula is C6H14N2O. The molecule has 0 aliphatic carbocycles. The summed E-state index contributed by atoms with van der Waals surface area (Å²) in [6.45, 7) is 4.90. The Balaban J connectivity index is 2.09. The molecule has 0 saturated carbocycles. The molecule has 0 amide bonds. The van der Waals surface area contributed by atoms with Gasteiger partial charge in [-0.15, -0.1) is 0 Å². The third-order valence-corrected chi connectivity index (χ3v) is 1.77. The summed E-state index contributed by atoms with van der Waals surface area (Å²) in [5, 5.41) is 0. The van der Waals surface area contributed by atoms with Gasteiger partial charge in [0.25, 0.3) is 0 Å². The molecule has 1 saturated heterocycles. The Bertz CT molecular complexity index is 91.1. The van der Waals surface area contributed by atoms with E-state index in [1.165, 1.54) is 0 Å². The monoisotopic (exact) mass is 130 g/mol. The van der Waals surface area contributed by atoms with Gasteiger partial charge < -0.3 is 4.74 Å². The van der Waals surface area contributed by atoms with Crippen molar-refractivity contribution in [1.29, 1.82) is 0 Å². The van der Waals surface area contributed by atoms with E-state index in [1.54, 1.807) is 0 Å². The van der Waals surface area contributed by atoms with Crippen LogP contribution in [0.5, 0.6) is 0 Å². The number of nitrogens with two attached hydrogens (primary N) is 1. The van der Waals surface area contributed by atoms with Crippen LogP contribution in [0.1, 0.15) is 13.3 Å². The first-order chi connectivity index (χ1) is 4.27. The van der Waals surface area contributed by atoms with Gasteiger partial charge in [0.05, 0.1) is 13.2 Å². The highest BCUT2D eigenvalue weighted by Crippen LogP contribution is 2.29. The van der Waals surface area contributed by atoms with Gasteiger partial charge >= 0.3 is 0 Å². The van der Waals surface area contributed by atoms with Crippen LogP contribution in [0, 0.1) is 5.41 Å². The van der Waals surface area contributed by atoms with E-state index in [9.17, 15) is 0 Å². The molecule has 3 N–H and O–H groups in total. The molecule has 3 nitrogen and oxygen atoms in total. The molecule has 0 spiro atoms. The van der Waals surface area contributed by atoms with Gasteiger partial charge in [0, 0.05) is 12.0 Å². The molecule has 54 valence electrons. The van der Waals surface area contributed by atoms with Crippen LogP contribution < -0.4 is 11.3 Å². The molecule has 0 unspecified atom stereocenters. The third-order valence-electron chi connectivity index (χ3n) is 1.77. The van der Waals surface area contributed by atoms with E-state index < -0.39 is 0 Å². The van der Waals surface area contributed by atoms with Gasteiger partial charge in [0.15, 0.2) is 0 Å². The molecule has 1 aliphatic rings. The fourth-order valence-corrected chi connectivity index (χ4v) is 0.969. The topological polar surface area (TPSA) is 47.3 Å². The van der Waals surface area contributed by atoms with E-state index in [0.29, 0.717) is 5.41 Å². The van der Waals surface area contributed by atoms with Crippen LogP contribution in [0.15, 0.2) is 0 Å². The van der Waals surface area contributed by atoms with Crippen LogP contribution in [0.25, 0.3) is 0 Å². The lowest BCUT2D eigenvalue weighted by Crippen LogP contribution is -2.42. The minimum atomic E-state index is 0.409. The zero-order chi connectivity index (χ0) is 6.74. The molecule has 0 bridgehead atoms. The van der Waals surface area contributed by atoms with E-state index in [1.807, 2.05) is 0 Å². The Hall–Kier alpha value is -0.120. The Labute approximate surface area is 55.5 Å². The highest BCUT2D eigenvalue weighted by atomic mass is 16.5. The maximum atomic E-state index is 5.12. The number of hydrazine groups is 1. The predicted molar refractivity (Wildman–Crippen MR) is 35.7 cm³/mol. The quantitative estimate of drug-likeness (QED) is 0.413. The largest absolute Gasteiger partial charge is 0.380 e. The molecule has 1 rings (SSSR count). The minimum Gasteiger partial charge on any atom is -0.380 e. The summed E-state index contributed by atoms with van der Waals surface area (Å²) in [5.41, 5.74) is 3.05. The second-order valence-electron chi connectivity index (χ2n) is 3.01. The first-order valence-electron chi connectivity index (χ1n) is 3.28. The average molecular weight is 130 g/mol. The van der Waals surface area contributed by atoms with E-state index in [4.69, 9.17) is 10.6 Å². The molecule has 1 fully saturated rings. The number of hydrogen-bond acceptors (Lipinski definition) is 3. The Morgan fingerprint density at radius 2 is 2.33 bits per heavy atom. The standard InChI is InChI=1S/C6H14N2O/c1-6(2-3-8-7)4-9-5-6/h8H,2-5,7H2,1H3. The van der Waals surface area contributed by atoms with Crippen molar-refractivity contribution in [2.24, 2.45) is 11.3 Å². The van der Waals surface area contributed by atoms with Gasteiger partial charge in [-0.2, -0.15) is 0 Å². The summed E-state index contributed by atoms with van der Waals surface area (Å²) in [6.07, 6.45) is 1.11. The van der Waals surface area contributed by atoms with Gasteiger partial charge in [0.1, 0.15) is 0 Å². The van der Waals surface area contributed by atoms with Crippen LogP contribution in [0.2, 0.25) is 0 Å². The van der Waals surface area contributed by atoms with Gasteiger partial charge in [0.2, 0.25) is 0 Å². The normalized spacial score (nSPS) is 23.3. The number of nitrogens with one attached hydrogen (secondary N) is 1. The third kappa shape index (κ3) is 1.64. The maximum absolute atomic E-state index is 5.12. The Morgan fingerprint density at radius 3 is 2.67 bits per heavy atom. The zero-order valence-electron chi connectivity index (χ0n) is 5.81. The molecule has 0 atom stereocenters. The second-order valence-corrected chi connectivity index (χ2v) is 3.01. The smallest absolute Gasteiger partial charge is 0.0542 e. The second kappa shape index (κ2) is 2.64. The van der Waals surface area contributed by atoms with E-state index in [0.717, 1.165) is 26.2 Å². The number of ether oxygens (including phenoxy) is 1. The van der Waals surface area contributed by atoms with Gasteiger partial charge in [-0.3, -0.25) is 11.3 Å². The van der Waals surface area contributed by atoms with Crippen molar-refractivity contribution in [3.05, 3.63) is 0 Å². The van der Waals surface area contributed by atoms with Gasteiger partial charge in [-0.25, -0.2) is 0 Å². The van der Waals surface area contributed by atoms with E-state index in [-0.39, 0.29) is 0 Å². The van der Waals surface area contributed by atoms with Crippen molar-refractivity contribution in [2.45, 2.75) is 13.3 Å². The molecule has 0 aromatic heterocycles. The molecule has 1 aliphatic heterocycles. The fourth-order valence-electron chi connectivity index (χ4n) is 0.969. The Kier molecular flexibility index (Phi) is 2.05. The van der Waals surface area contributed by atoms with Crippen molar-refractivity contribution in [3.63, 3.8) is 0 Å². The minimum absolute atomic E-state index is 0.409. The van der Waals surface area contributed by atoms with Crippen molar-refractivity contribution < 1.29 is 4.74 Å². The summed E-state index contributed by atoms with van der Waals surface area (Å²) in [5.74, 6) is 5.12. The lowest BCUT2D eigenvalue weighted by Gasteiger charge is -2.37. The van der Waals surface area contributed by atoms with Crippen LogP contribution in [0.4, 0.5) is 0 Å². The first-order valence-corrected chi connectivity index (χ1v) is 3.28. The van der Waals surface area contributed by atoms with Crippen molar-refractivity contribution in [1.82, 2.24) is 5.43 Å². The SMILES string of the molecule is CC1(CCNN)COC1. The lowest BCUT2D eigenvalue weighted by atomic mass is 9.85. The Morgan fingerprint density at radius 1 is 1.67 bits per heavy atom. The number of rotatable bonds is 3. The van der Waals surface area contributed by atoms with E-state index in [2.05, 4.69) is 12.3 Å². The molecule has 0 aromatic carbocycles. The zero-order valence-corrected chi connectivity index (χ0v) is 5.81. The number of hydrogen-bond donors (Lipinski definition) is 2. The van der Waals surface area contributed by atoms with Crippen LogP contribution in [-0.4, -0.2) is 19.8 Å². The molecule has 0 aromatic rings. The molecule has 3 heteroatoms. The van der Waals surface area contributed by atoms with Gasteiger partial charge in [-0.1, -0.05) is 6.92 Å². The molecular weight excluding hydrogens is 116 g/mol. The van der Waals surface area contributed by atoms with Crippen molar-refractivity contribution in [2.75, 3.05) is 19.8 Å². The summed E-state index contributed by atoms with van der Waals surface area (Å²) in [6, 6.07) is 0. The summed E-state index contributed by atoms with van der Waals surface area (Å²) < 4.78 is 5.07. The van der Waals surface area contributed by atoms with Crippen LogP contribution in [-0.2, 0) is 4.74 Å². The lowest BCUT2D eigenvalue weighted by molar-refractivity contribution is -0.105. The maximum Gasteiger partial charge on any atom is 0.0542 e. The van der Waals surface area contributed by atoms with Crippen molar-refractivity contribution in [3.8, 4) is 0 Å². The summed E-state index contributed by atoms with van der Waals surface area (Å²) in [7, 11) is 0. The molecule has 1 heterocycles. The fraction of sp³-hybridized carbons (Fsp3) is 1.00. The highest BCUT2D eigenvalue weighted by molar-refractivity contribution is 4.80. The highest BCUT2D eigenvalue weighted by Gasteiger charge is 2.32. The molecule has 9 heavy (non-hydrogen) atoms. The van der Waals surface area contributed by atoms with Gasteiger partial charge in [-0.05, 0) is 6.42 Å². The predicted octanol–water partition coefficient (Wildman–Crippen LogP) is -0.124. The average Bonchev–Trinajstić information content (AvgIpc) is 1.79. The van der Waals surface area contributed by atoms with E-state index >= 15 is 0 Å². The van der Waals surface area contributed by atoms with Crippen molar-refractivity contribution >= 4 is 0 Å². The van der Waals surface area contributed by atoms with Crippen LogP contribution in [0.3, 0.4) is 0 Å².